The Morgan fingerprint density at radius 3 is 2.88 bits per heavy atom. The van der Waals surface area contributed by atoms with Gasteiger partial charge < -0.3 is 10.6 Å². The van der Waals surface area contributed by atoms with Crippen LogP contribution in [-0.2, 0) is 0 Å². The second kappa shape index (κ2) is 6.91. The minimum atomic E-state index is -0.104. The first-order chi connectivity index (χ1) is 11.5. The highest BCUT2D eigenvalue weighted by Gasteiger charge is 2.33. The zero-order chi connectivity index (χ0) is 17.3. The lowest BCUT2D eigenvalue weighted by Crippen LogP contribution is -2.51. The molecule has 24 heavy (non-hydrogen) atoms. The van der Waals surface area contributed by atoms with Crippen LogP contribution in [0.1, 0.15) is 35.9 Å². The number of aromatic nitrogens is 3. The number of hydrogen-bond donors (Lipinski definition) is 1. The highest BCUT2D eigenvalue weighted by Crippen LogP contribution is 2.26. The largest absolute Gasteiger partial charge is 0.333 e. The topological polar surface area (TPSA) is 77.0 Å². The molecule has 2 heterocycles. The van der Waals surface area contributed by atoms with Gasteiger partial charge in [-0.1, -0.05) is 35.9 Å². The summed E-state index contributed by atoms with van der Waals surface area (Å²) in [7, 11) is 0. The van der Waals surface area contributed by atoms with E-state index in [-0.39, 0.29) is 11.9 Å². The average molecular weight is 348 g/mol. The Hall–Kier alpha value is -1.92. The van der Waals surface area contributed by atoms with E-state index in [0.717, 1.165) is 12.8 Å². The predicted molar refractivity (Wildman–Crippen MR) is 93.4 cm³/mol. The second-order valence-corrected chi connectivity index (χ2v) is 6.71. The summed E-state index contributed by atoms with van der Waals surface area (Å²) in [5.74, 6) is 0.291. The Bertz CT molecular complexity index is 744. The maximum Gasteiger partial charge on any atom is 0.276 e. The number of benzene rings is 1. The molecule has 0 saturated carbocycles. The zero-order valence-corrected chi connectivity index (χ0v) is 14.7. The molecule has 6 nitrogen and oxygen atoms in total. The third kappa shape index (κ3) is 2.91. The van der Waals surface area contributed by atoms with Crippen LogP contribution in [0.3, 0.4) is 0 Å². The molecule has 0 radical (unpaired) electrons. The molecule has 1 aliphatic heterocycles. The lowest BCUT2D eigenvalue weighted by molar-refractivity contribution is 0.0525. The maximum absolute atomic E-state index is 13.0. The van der Waals surface area contributed by atoms with Crippen LogP contribution in [0.2, 0.25) is 5.02 Å². The van der Waals surface area contributed by atoms with Gasteiger partial charge in [0, 0.05) is 19.1 Å². The molecule has 1 aliphatic rings. The summed E-state index contributed by atoms with van der Waals surface area (Å²) in [4.78, 5) is 14.8. The molecular weight excluding hydrogens is 326 g/mol. The number of likely N-dealkylation sites (tertiary alicyclic amines) is 1. The number of para-hydroxylation sites is 1. The van der Waals surface area contributed by atoms with Crippen molar-refractivity contribution in [2.24, 2.45) is 11.7 Å². The van der Waals surface area contributed by atoms with E-state index in [1.165, 1.54) is 0 Å². The molecule has 0 aliphatic carbocycles. The number of carbonyl (C=O) groups is 1. The van der Waals surface area contributed by atoms with Crippen LogP contribution >= 0.6 is 11.6 Å². The molecule has 2 atom stereocenters. The van der Waals surface area contributed by atoms with E-state index in [2.05, 4.69) is 17.2 Å². The van der Waals surface area contributed by atoms with Crippen molar-refractivity contribution < 1.29 is 4.79 Å². The molecule has 128 valence electrons. The Morgan fingerprint density at radius 1 is 1.42 bits per heavy atom. The van der Waals surface area contributed by atoms with Gasteiger partial charge in [0.2, 0.25) is 0 Å². The molecule has 3 rings (SSSR count). The molecule has 0 spiro atoms. The highest BCUT2D eigenvalue weighted by atomic mass is 35.5. The molecule has 1 aromatic heterocycles. The van der Waals surface area contributed by atoms with Crippen LogP contribution in [0.5, 0.6) is 0 Å². The summed E-state index contributed by atoms with van der Waals surface area (Å²) in [5, 5.41) is 8.83. The lowest BCUT2D eigenvalue weighted by Gasteiger charge is -2.39. The summed E-state index contributed by atoms with van der Waals surface area (Å²) < 4.78 is 1.61. The van der Waals surface area contributed by atoms with Crippen LogP contribution in [-0.4, -0.2) is 44.9 Å². The van der Waals surface area contributed by atoms with Gasteiger partial charge in [0.15, 0.2) is 5.69 Å². The van der Waals surface area contributed by atoms with Gasteiger partial charge in [-0.3, -0.25) is 4.79 Å². The van der Waals surface area contributed by atoms with Crippen LogP contribution < -0.4 is 5.73 Å². The van der Waals surface area contributed by atoms with Crippen molar-refractivity contribution in [2.75, 3.05) is 13.1 Å². The zero-order valence-electron chi connectivity index (χ0n) is 13.9. The number of nitrogens with two attached hydrogens (primary N) is 1. The van der Waals surface area contributed by atoms with Gasteiger partial charge in [-0.2, -0.15) is 0 Å². The average Bonchev–Trinajstić information content (AvgIpc) is 2.96. The summed E-state index contributed by atoms with van der Waals surface area (Å²) in [5.41, 5.74) is 7.66. The van der Waals surface area contributed by atoms with E-state index in [0.29, 0.717) is 41.1 Å². The standard InChI is InChI=1S/C17H22ClN5O/c1-11-6-5-9-22(15(11)10-19)17(24)16-12(2)23(21-20-16)14-8-4-3-7-13(14)18/h3-4,7-8,11,15H,5-6,9-10,19H2,1-2H3/t11-,15-/m0/s1. The van der Waals surface area contributed by atoms with Crippen LogP contribution in [0.4, 0.5) is 0 Å². The van der Waals surface area contributed by atoms with Crippen molar-refractivity contribution in [1.29, 1.82) is 0 Å². The van der Waals surface area contributed by atoms with E-state index < -0.39 is 0 Å². The van der Waals surface area contributed by atoms with Crippen LogP contribution in [0.25, 0.3) is 5.69 Å². The van der Waals surface area contributed by atoms with E-state index >= 15 is 0 Å². The molecule has 7 heteroatoms. The number of hydrogen-bond acceptors (Lipinski definition) is 4. The van der Waals surface area contributed by atoms with Gasteiger partial charge in [-0.05, 0) is 37.8 Å². The molecular formula is C17H22ClN5O. The third-order valence-corrected chi connectivity index (χ3v) is 5.12. The first-order valence-corrected chi connectivity index (χ1v) is 8.60. The van der Waals surface area contributed by atoms with Gasteiger partial charge in [-0.15, -0.1) is 5.10 Å². The van der Waals surface area contributed by atoms with Crippen molar-refractivity contribution >= 4 is 17.5 Å². The van der Waals surface area contributed by atoms with Crippen molar-refractivity contribution in [2.45, 2.75) is 32.7 Å². The summed E-state index contributed by atoms with van der Waals surface area (Å²) in [6.07, 6.45) is 2.08. The van der Waals surface area contributed by atoms with E-state index in [1.54, 1.807) is 10.7 Å². The Morgan fingerprint density at radius 2 is 2.17 bits per heavy atom. The van der Waals surface area contributed by atoms with Gasteiger partial charge in [0.25, 0.3) is 5.91 Å². The van der Waals surface area contributed by atoms with Gasteiger partial charge in [0.05, 0.1) is 16.4 Å². The van der Waals surface area contributed by atoms with Crippen LogP contribution in [0.15, 0.2) is 24.3 Å². The molecule has 0 unspecified atom stereocenters. The number of rotatable bonds is 3. The number of amides is 1. The van der Waals surface area contributed by atoms with E-state index in [4.69, 9.17) is 17.3 Å². The van der Waals surface area contributed by atoms with E-state index in [9.17, 15) is 4.79 Å². The monoisotopic (exact) mass is 347 g/mol. The van der Waals surface area contributed by atoms with Crippen molar-refractivity contribution in [3.8, 4) is 5.69 Å². The number of halogens is 1. The van der Waals surface area contributed by atoms with Gasteiger partial charge in [-0.25, -0.2) is 4.68 Å². The molecule has 1 aromatic carbocycles. The molecule has 0 bridgehead atoms. The number of piperidine rings is 1. The smallest absolute Gasteiger partial charge is 0.276 e. The molecule has 2 aromatic rings. The maximum atomic E-state index is 13.0. The summed E-state index contributed by atoms with van der Waals surface area (Å²) in [6.45, 7) is 5.15. The Kier molecular flexibility index (Phi) is 4.87. The SMILES string of the molecule is Cc1c(C(=O)N2CCC[C@H](C)[C@@H]2CN)nnn1-c1ccccc1Cl. The van der Waals surface area contributed by atoms with Gasteiger partial charge in [0.1, 0.15) is 0 Å². The van der Waals surface area contributed by atoms with Crippen molar-refractivity contribution in [3.63, 3.8) is 0 Å². The third-order valence-electron chi connectivity index (χ3n) is 4.80. The fraction of sp³-hybridized carbons (Fsp3) is 0.471. The minimum absolute atomic E-state index is 0.0520. The summed E-state index contributed by atoms with van der Waals surface area (Å²) >= 11 is 6.23. The predicted octanol–water partition coefficient (Wildman–Crippen LogP) is 2.43. The highest BCUT2D eigenvalue weighted by molar-refractivity contribution is 6.32. The Labute approximate surface area is 146 Å². The molecule has 1 amide bonds. The second-order valence-electron chi connectivity index (χ2n) is 6.31. The first-order valence-electron chi connectivity index (χ1n) is 8.22. The van der Waals surface area contributed by atoms with E-state index in [1.807, 2.05) is 30.0 Å². The summed E-state index contributed by atoms with van der Waals surface area (Å²) in [6, 6.07) is 7.42. The van der Waals surface area contributed by atoms with Crippen molar-refractivity contribution in [3.05, 3.63) is 40.7 Å². The number of nitrogens with zero attached hydrogens (tertiary/aromatic N) is 4. The first kappa shape index (κ1) is 16.9. The van der Waals surface area contributed by atoms with Crippen molar-refractivity contribution in [1.82, 2.24) is 19.9 Å². The minimum Gasteiger partial charge on any atom is -0.333 e. The fourth-order valence-electron chi connectivity index (χ4n) is 3.38. The molecule has 1 fully saturated rings. The normalized spacial score (nSPS) is 21.1. The molecule has 1 saturated heterocycles. The quantitative estimate of drug-likeness (QED) is 0.925. The lowest BCUT2D eigenvalue weighted by atomic mass is 9.90. The Balaban J connectivity index is 1.93. The molecule has 2 N–H and O–H groups in total. The fourth-order valence-corrected chi connectivity index (χ4v) is 3.59. The van der Waals surface area contributed by atoms with Gasteiger partial charge >= 0.3 is 0 Å². The van der Waals surface area contributed by atoms with Crippen LogP contribution in [0, 0.1) is 12.8 Å². The number of carbonyl (C=O) groups excluding carboxylic acids is 1.